The molecule has 0 aliphatic heterocycles. The number of aromatic nitrogens is 2. The summed E-state index contributed by atoms with van der Waals surface area (Å²) in [6.07, 6.45) is 7.38. The molecule has 0 amide bonds. The molecule has 0 spiro atoms. The van der Waals surface area contributed by atoms with Gasteiger partial charge in [0.05, 0.1) is 5.69 Å². The fourth-order valence-corrected chi connectivity index (χ4v) is 2.38. The second-order valence-corrected chi connectivity index (χ2v) is 5.43. The van der Waals surface area contributed by atoms with Gasteiger partial charge in [-0.05, 0) is 38.0 Å². The van der Waals surface area contributed by atoms with Crippen LogP contribution in [0.2, 0.25) is 0 Å². The van der Waals surface area contributed by atoms with Gasteiger partial charge < -0.3 is 4.98 Å². The van der Waals surface area contributed by atoms with Crippen LogP contribution < -0.4 is 5.56 Å². The van der Waals surface area contributed by atoms with Crippen LogP contribution in [0.4, 0.5) is 0 Å². The predicted molar refractivity (Wildman–Crippen MR) is 69.3 cm³/mol. The van der Waals surface area contributed by atoms with Crippen molar-refractivity contribution in [2.24, 2.45) is 5.92 Å². The van der Waals surface area contributed by atoms with Gasteiger partial charge in [0.1, 0.15) is 5.82 Å². The van der Waals surface area contributed by atoms with E-state index in [1.807, 2.05) is 0 Å². The van der Waals surface area contributed by atoms with Crippen molar-refractivity contribution in [3.63, 3.8) is 0 Å². The Morgan fingerprint density at radius 2 is 2.00 bits per heavy atom. The third-order valence-electron chi connectivity index (χ3n) is 3.45. The van der Waals surface area contributed by atoms with Gasteiger partial charge in [-0.3, -0.25) is 4.79 Å². The quantitative estimate of drug-likeness (QED) is 0.817. The summed E-state index contributed by atoms with van der Waals surface area (Å²) in [5.41, 5.74) is 2.11. The van der Waals surface area contributed by atoms with E-state index in [4.69, 9.17) is 0 Å². The molecule has 3 nitrogen and oxygen atoms in total. The molecule has 1 aliphatic rings. The number of hydrogen-bond acceptors (Lipinski definition) is 2. The van der Waals surface area contributed by atoms with Crippen LogP contribution in [0.1, 0.15) is 56.6 Å². The van der Waals surface area contributed by atoms with Crippen LogP contribution >= 0.6 is 0 Å². The van der Waals surface area contributed by atoms with Gasteiger partial charge in [0.2, 0.25) is 0 Å². The van der Waals surface area contributed by atoms with Gasteiger partial charge in [0.25, 0.3) is 5.56 Å². The van der Waals surface area contributed by atoms with Crippen molar-refractivity contribution in [3.8, 4) is 0 Å². The molecule has 1 heterocycles. The van der Waals surface area contributed by atoms with E-state index in [0.717, 1.165) is 49.2 Å². The number of fused-ring (bicyclic) bond motifs is 1. The first-order valence-corrected chi connectivity index (χ1v) is 6.77. The minimum atomic E-state index is 0.107. The molecule has 0 fully saturated rings. The van der Waals surface area contributed by atoms with Crippen molar-refractivity contribution in [2.75, 3.05) is 0 Å². The van der Waals surface area contributed by atoms with E-state index in [1.165, 1.54) is 12.8 Å². The minimum absolute atomic E-state index is 0.107. The highest BCUT2D eigenvalue weighted by Gasteiger charge is 2.14. The molecule has 17 heavy (non-hydrogen) atoms. The maximum absolute atomic E-state index is 12.0. The minimum Gasteiger partial charge on any atom is -0.310 e. The summed E-state index contributed by atoms with van der Waals surface area (Å²) in [4.78, 5) is 19.6. The molecule has 0 radical (unpaired) electrons. The summed E-state index contributed by atoms with van der Waals surface area (Å²) in [5, 5.41) is 0. The van der Waals surface area contributed by atoms with E-state index < -0.39 is 0 Å². The first-order chi connectivity index (χ1) is 8.16. The van der Waals surface area contributed by atoms with Crippen molar-refractivity contribution in [1.29, 1.82) is 0 Å². The highest BCUT2D eigenvalue weighted by Crippen LogP contribution is 2.16. The topological polar surface area (TPSA) is 45.8 Å². The van der Waals surface area contributed by atoms with E-state index in [2.05, 4.69) is 23.8 Å². The lowest BCUT2D eigenvalue weighted by molar-refractivity contribution is 0.571. The largest absolute Gasteiger partial charge is 0.310 e. The lowest BCUT2D eigenvalue weighted by atomic mass is 10.1. The Kier molecular flexibility index (Phi) is 3.97. The van der Waals surface area contributed by atoms with Crippen LogP contribution in [0, 0.1) is 5.92 Å². The second-order valence-electron chi connectivity index (χ2n) is 5.43. The molecule has 1 N–H and O–H groups in total. The van der Waals surface area contributed by atoms with E-state index in [1.54, 1.807) is 0 Å². The number of aryl methyl sites for hydroxylation is 2. The molecule has 0 bridgehead atoms. The van der Waals surface area contributed by atoms with Gasteiger partial charge in [0.15, 0.2) is 0 Å². The number of rotatable bonds is 3. The molecule has 0 unspecified atom stereocenters. The van der Waals surface area contributed by atoms with E-state index in [9.17, 15) is 4.79 Å². The Bertz CT molecular complexity index is 434. The number of hydrogen-bond donors (Lipinski definition) is 1. The monoisotopic (exact) mass is 234 g/mol. The molecule has 0 saturated carbocycles. The van der Waals surface area contributed by atoms with E-state index >= 15 is 0 Å². The zero-order chi connectivity index (χ0) is 12.3. The molecule has 0 aromatic carbocycles. The molecule has 0 saturated heterocycles. The van der Waals surface area contributed by atoms with Crippen molar-refractivity contribution in [2.45, 2.75) is 58.8 Å². The molecule has 1 aliphatic carbocycles. The lowest BCUT2D eigenvalue weighted by Crippen LogP contribution is -2.20. The van der Waals surface area contributed by atoms with Gasteiger partial charge in [-0.1, -0.05) is 20.3 Å². The van der Waals surface area contributed by atoms with E-state index in [0.29, 0.717) is 5.92 Å². The Morgan fingerprint density at radius 3 is 2.76 bits per heavy atom. The van der Waals surface area contributed by atoms with E-state index in [-0.39, 0.29) is 5.56 Å². The summed E-state index contributed by atoms with van der Waals surface area (Å²) in [5.74, 6) is 1.53. The van der Waals surface area contributed by atoms with Gasteiger partial charge in [-0.25, -0.2) is 4.98 Å². The van der Waals surface area contributed by atoms with Crippen molar-refractivity contribution in [1.82, 2.24) is 9.97 Å². The van der Waals surface area contributed by atoms with Gasteiger partial charge in [-0.15, -0.1) is 0 Å². The van der Waals surface area contributed by atoms with Crippen LogP contribution in [0.25, 0.3) is 0 Å². The first kappa shape index (κ1) is 12.3. The summed E-state index contributed by atoms with van der Waals surface area (Å²) < 4.78 is 0. The maximum atomic E-state index is 12.0. The molecule has 0 atom stereocenters. The maximum Gasteiger partial charge on any atom is 0.254 e. The third-order valence-corrected chi connectivity index (χ3v) is 3.45. The first-order valence-electron chi connectivity index (χ1n) is 6.77. The summed E-state index contributed by atoms with van der Waals surface area (Å²) in [6.45, 7) is 4.39. The zero-order valence-electron chi connectivity index (χ0n) is 10.9. The summed E-state index contributed by atoms with van der Waals surface area (Å²) in [6, 6.07) is 0. The van der Waals surface area contributed by atoms with Crippen molar-refractivity contribution < 1.29 is 0 Å². The third kappa shape index (κ3) is 3.18. The average Bonchev–Trinajstić information content (AvgIpc) is 2.51. The van der Waals surface area contributed by atoms with Crippen LogP contribution in [0.3, 0.4) is 0 Å². The lowest BCUT2D eigenvalue weighted by Gasteiger charge is -2.08. The zero-order valence-corrected chi connectivity index (χ0v) is 10.9. The highest BCUT2D eigenvalue weighted by molar-refractivity contribution is 5.19. The molecular weight excluding hydrogens is 212 g/mol. The molecular formula is C14H22N2O. The average molecular weight is 234 g/mol. The number of H-pyrrole nitrogens is 1. The summed E-state index contributed by atoms with van der Waals surface area (Å²) >= 11 is 0. The van der Waals surface area contributed by atoms with Crippen molar-refractivity contribution in [3.05, 3.63) is 27.4 Å². The van der Waals surface area contributed by atoms with Gasteiger partial charge in [-0.2, -0.15) is 0 Å². The molecule has 94 valence electrons. The Hall–Kier alpha value is -1.12. The smallest absolute Gasteiger partial charge is 0.254 e. The van der Waals surface area contributed by atoms with Crippen LogP contribution in [0.5, 0.6) is 0 Å². The highest BCUT2D eigenvalue weighted by atomic mass is 16.1. The summed E-state index contributed by atoms with van der Waals surface area (Å²) in [7, 11) is 0. The fraction of sp³-hybridized carbons (Fsp3) is 0.714. The number of aromatic amines is 1. The van der Waals surface area contributed by atoms with Crippen LogP contribution in [-0.2, 0) is 19.3 Å². The number of nitrogens with one attached hydrogen (secondary N) is 1. The Balaban J connectivity index is 2.23. The second kappa shape index (κ2) is 5.48. The normalized spacial score (nSPS) is 15.7. The molecule has 3 heteroatoms. The predicted octanol–water partition coefficient (Wildman–Crippen LogP) is 2.63. The molecule has 1 aromatic heterocycles. The Labute approximate surface area is 103 Å². The van der Waals surface area contributed by atoms with Crippen LogP contribution in [-0.4, -0.2) is 9.97 Å². The van der Waals surface area contributed by atoms with Crippen LogP contribution in [0.15, 0.2) is 4.79 Å². The van der Waals surface area contributed by atoms with Gasteiger partial charge in [0, 0.05) is 12.0 Å². The molecule has 2 rings (SSSR count). The molecule has 1 aromatic rings. The van der Waals surface area contributed by atoms with Gasteiger partial charge >= 0.3 is 0 Å². The number of nitrogens with zero attached hydrogens (tertiary/aromatic N) is 1. The SMILES string of the molecule is CC(C)CCc1nc2c(c(=O)[nH]1)CCCCC2. The standard InChI is InChI=1S/C14H22N2O/c1-10(2)8-9-13-15-12-7-5-3-4-6-11(12)14(17)16-13/h10H,3-9H2,1-2H3,(H,15,16,17). The van der Waals surface area contributed by atoms with Crippen molar-refractivity contribution >= 4 is 0 Å². The Morgan fingerprint density at radius 1 is 1.24 bits per heavy atom. The fourth-order valence-electron chi connectivity index (χ4n) is 2.38.